The number of nitrogens with one attached hydrogen (secondary N) is 1. The number of amides is 1. The van der Waals surface area contributed by atoms with Gasteiger partial charge in [-0.25, -0.2) is 0 Å². The van der Waals surface area contributed by atoms with Crippen LogP contribution in [0.3, 0.4) is 0 Å². The summed E-state index contributed by atoms with van der Waals surface area (Å²) in [6, 6.07) is -1.00. The van der Waals surface area contributed by atoms with Gasteiger partial charge in [-0.2, -0.15) is 0 Å². The number of rotatable bonds is 42. The SMILES string of the molecule is CCCCCCCCCCCCCCC/C=C/CC/C=C/CCCC(O)C(O)C(CO)NC(=O)C(O)CCCCCCCCCCCCCCCCC. The quantitative estimate of drug-likeness (QED) is 0.0315. The average molecular weight is 750 g/mol. The van der Waals surface area contributed by atoms with E-state index in [-0.39, 0.29) is 0 Å². The molecule has 4 unspecified atom stereocenters. The van der Waals surface area contributed by atoms with Gasteiger partial charge in [0.15, 0.2) is 0 Å². The molecule has 0 fully saturated rings. The molecule has 0 aliphatic carbocycles. The number of hydrogen-bond acceptors (Lipinski definition) is 5. The van der Waals surface area contributed by atoms with Gasteiger partial charge in [0.2, 0.25) is 5.91 Å². The van der Waals surface area contributed by atoms with E-state index in [0.717, 1.165) is 38.5 Å². The summed E-state index contributed by atoms with van der Waals surface area (Å²) in [6.07, 6.45) is 47.9. The van der Waals surface area contributed by atoms with Crippen LogP contribution in [0.5, 0.6) is 0 Å². The predicted molar refractivity (Wildman–Crippen MR) is 228 cm³/mol. The molecule has 0 aromatic rings. The highest BCUT2D eigenvalue weighted by Crippen LogP contribution is 2.16. The van der Waals surface area contributed by atoms with Crippen LogP contribution in [-0.2, 0) is 4.79 Å². The van der Waals surface area contributed by atoms with E-state index in [4.69, 9.17) is 0 Å². The van der Waals surface area contributed by atoms with E-state index in [0.29, 0.717) is 19.3 Å². The van der Waals surface area contributed by atoms with E-state index in [1.54, 1.807) is 0 Å². The maximum absolute atomic E-state index is 12.5. The summed E-state index contributed by atoms with van der Waals surface area (Å²) in [7, 11) is 0. The van der Waals surface area contributed by atoms with Crippen LogP contribution in [0.2, 0.25) is 0 Å². The highest BCUT2D eigenvalue weighted by Gasteiger charge is 2.28. The molecule has 0 bridgehead atoms. The molecule has 5 N–H and O–H groups in total. The fourth-order valence-electron chi connectivity index (χ4n) is 7.19. The van der Waals surface area contributed by atoms with Gasteiger partial charge in [0.25, 0.3) is 0 Å². The summed E-state index contributed by atoms with van der Waals surface area (Å²) in [6.45, 7) is 4.05. The Balaban J connectivity index is 3.76. The van der Waals surface area contributed by atoms with E-state index in [1.807, 2.05) is 0 Å². The van der Waals surface area contributed by atoms with Crippen molar-refractivity contribution in [3.8, 4) is 0 Å². The Morgan fingerprint density at radius 3 is 1.19 bits per heavy atom. The lowest BCUT2D eigenvalue weighted by molar-refractivity contribution is -0.132. The summed E-state index contributed by atoms with van der Waals surface area (Å²) >= 11 is 0. The zero-order valence-electron chi connectivity index (χ0n) is 35.3. The van der Waals surface area contributed by atoms with E-state index in [9.17, 15) is 25.2 Å². The zero-order valence-corrected chi connectivity index (χ0v) is 35.3. The number of carbonyl (C=O) groups excluding carboxylic acids is 1. The van der Waals surface area contributed by atoms with Crippen LogP contribution in [0, 0.1) is 0 Å². The monoisotopic (exact) mass is 750 g/mol. The Bertz CT molecular complexity index is 802. The Morgan fingerprint density at radius 2 is 0.792 bits per heavy atom. The normalized spacial score (nSPS) is 14.3. The molecule has 0 heterocycles. The third kappa shape index (κ3) is 36.2. The van der Waals surface area contributed by atoms with Gasteiger partial charge in [0, 0.05) is 0 Å². The third-order valence-corrected chi connectivity index (χ3v) is 10.9. The van der Waals surface area contributed by atoms with Crippen molar-refractivity contribution >= 4 is 5.91 Å². The van der Waals surface area contributed by atoms with Gasteiger partial charge >= 0.3 is 0 Å². The molecule has 0 aromatic carbocycles. The maximum Gasteiger partial charge on any atom is 0.249 e. The van der Waals surface area contributed by atoms with Gasteiger partial charge in [-0.15, -0.1) is 0 Å². The van der Waals surface area contributed by atoms with Gasteiger partial charge in [0.1, 0.15) is 12.2 Å². The number of unbranched alkanes of at least 4 members (excludes halogenated alkanes) is 29. The molecule has 6 heteroatoms. The summed E-state index contributed by atoms with van der Waals surface area (Å²) < 4.78 is 0. The van der Waals surface area contributed by atoms with E-state index < -0.39 is 36.9 Å². The molecular formula is C47H91NO5. The minimum Gasteiger partial charge on any atom is -0.394 e. The van der Waals surface area contributed by atoms with Gasteiger partial charge in [-0.1, -0.05) is 212 Å². The summed E-state index contributed by atoms with van der Waals surface area (Å²) in [5.41, 5.74) is 0. The van der Waals surface area contributed by atoms with Crippen molar-refractivity contribution in [1.82, 2.24) is 5.32 Å². The molecule has 6 nitrogen and oxygen atoms in total. The second-order valence-corrected chi connectivity index (χ2v) is 16.1. The fraction of sp³-hybridized carbons (Fsp3) is 0.894. The van der Waals surface area contributed by atoms with Crippen LogP contribution in [0.15, 0.2) is 24.3 Å². The molecule has 4 atom stereocenters. The summed E-state index contributed by atoms with van der Waals surface area (Å²) in [4.78, 5) is 12.5. The van der Waals surface area contributed by atoms with Gasteiger partial charge < -0.3 is 25.7 Å². The topological polar surface area (TPSA) is 110 Å². The third-order valence-electron chi connectivity index (χ3n) is 10.9. The number of allylic oxidation sites excluding steroid dienone is 4. The zero-order chi connectivity index (χ0) is 38.9. The Morgan fingerprint density at radius 1 is 0.453 bits per heavy atom. The highest BCUT2D eigenvalue weighted by atomic mass is 16.3. The lowest BCUT2D eigenvalue weighted by Crippen LogP contribution is -2.53. The van der Waals surface area contributed by atoms with Crippen molar-refractivity contribution in [3.05, 3.63) is 24.3 Å². The lowest BCUT2D eigenvalue weighted by atomic mass is 10.00. The predicted octanol–water partition coefficient (Wildman–Crippen LogP) is 12.4. The molecule has 0 aliphatic rings. The molecule has 0 spiro atoms. The molecule has 0 radical (unpaired) electrons. The van der Waals surface area contributed by atoms with Crippen LogP contribution in [0.25, 0.3) is 0 Å². The number of carbonyl (C=O) groups is 1. The molecule has 1 amide bonds. The minimum absolute atomic E-state index is 0.364. The van der Waals surface area contributed by atoms with Crippen LogP contribution in [0.4, 0.5) is 0 Å². The summed E-state index contributed by atoms with van der Waals surface area (Å²) in [5, 5.41) is 43.7. The van der Waals surface area contributed by atoms with E-state index in [2.05, 4.69) is 43.5 Å². The highest BCUT2D eigenvalue weighted by molar-refractivity contribution is 5.80. The molecule has 0 aliphatic heterocycles. The first-order valence-corrected chi connectivity index (χ1v) is 23.2. The van der Waals surface area contributed by atoms with Crippen molar-refractivity contribution in [3.63, 3.8) is 0 Å². The molecule has 0 saturated carbocycles. The molecular weight excluding hydrogens is 659 g/mol. The second-order valence-electron chi connectivity index (χ2n) is 16.1. The van der Waals surface area contributed by atoms with Crippen molar-refractivity contribution < 1.29 is 25.2 Å². The smallest absolute Gasteiger partial charge is 0.249 e. The van der Waals surface area contributed by atoms with Crippen molar-refractivity contribution in [2.24, 2.45) is 0 Å². The van der Waals surface area contributed by atoms with Crippen LogP contribution in [0.1, 0.15) is 239 Å². The van der Waals surface area contributed by atoms with Crippen LogP contribution in [-0.4, -0.2) is 57.3 Å². The Kier molecular flexibility index (Phi) is 41.0. The Labute approximate surface area is 329 Å². The Hall–Kier alpha value is -1.21. The number of aliphatic hydroxyl groups excluding tert-OH is 4. The van der Waals surface area contributed by atoms with Gasteiger partial charge in [-0.3, -0.25) is 4.79 Å². The van der Waals surface area contributed by atoms with Gasteiger partial charge in [0.05, 0.1) is 18.8 Å². The maximum atomic E-state index is 12.5. The van der Waals surface area contributed by atoms with E-state index >= 15 is 0 Å². The van der Waals surface area contributed by atoms with Crippen molar-refractivity contribution in [2.45, 2.75) is 263 Å². The summed E-state index contributed by atoms with van der Waals surface area (Å²) in [5.74, 6) is -0.595. The molecule has 0 saturated heterocycles. The minimum atomic E-state index is -1.29. The first-order valence-electron chi connectivity index (χ1n) is 23.2. The molecule has 0 aromatic heterocycles. The average Bonchev–Trinajstić information content (AvgIpc) is 3.16. The van der Waals surface area contributed by atoms with Crippen LogP contribution < -0.4 is 5.32 Å². The molecule has 53 heavy (non-hydrogen) atoms. The second kappa shape index (κ2) is 41.9. The fourth-order valence-corrected chi connectivity index (χ4v) is 7.19. The lowest BCUT2D eigenvalue weighted by Gasteiger charge is -2.27. The van der Waals surface area contributed by atoms with Crippen molar-refractivity contribution in [2.75, 3.05) is 6.61 Å². The first kappa shape index (κ1) is 51.8. The van der Waals surface area contributed by atoms with Gasteiger partial charge in [-0.05, 0) is 51.4 Å². The molecule has 0 rings (SSSR count). The molecule has 314 valence electrons. The van der Waals surface area contributed by atoms with Crippen LogP contribution >= 0.6 is 0 Å². The van der Waals surface area contributed by atoms with Crippen molar-refractivity contribution in [1.29, 1.82) is 0 Å². The number of aliphatic hydroxyl groups is 4. The largest absolute Gasteiger partial charge is 0.394 e. The van der Waals surface area contributed by atoms with E-state index in [1.165, 1.54) is 167 Å². The number of hydrogen-bond donors (Lipinski definition) is 5. The standard InChI is InChI=1S/C47H91NO5/c1-3-5-7-9-11-13-15-17-19-20-21-22-23-24-25-27-28-30-32-34-36-38-40-44(50)46(52)43(42-49)48-47(53)45(51)41-39-37-35-33-31-29-26-18-16-14-12-10-8-6-4-2/h25,27,32,34,43-46,49-52H,3-24,26,28-31,33,35-42H2,1-2H3,(H,48,53)/b27-25+,34-32+. The first-order chi connectivity index (χ1) is 26.0.